The molecule has 0 unspecified atom stereocenters. The lowest BCUT2D eigenvalue weighted by Crippen LogP contribution is -2.34. The Morgan fingerprint density at radius 3 is 2.55 bits per heavy atom. The lowest BCUT2D eigenvalue weighted by molar-refractivity contribution is 0.611. The molecule has 1 aromatic carbocycles. The monoisotopic (exact) mass is 288 g/mol. The van der Waals surface area contributed by atoms with Gasteiger partial charge in [-0.25, -0.2) is 0 Å². The Balaban J connectivity index is 1.77. The molecule has 2 aromatic rings. The zero-order valence-corrected chi connectivity index (χ0v) is 12.7. The molecule has 2 N–H and O–H groups in total. The highest BCUT2D eigenvalue weighted by Gasteiger charge is 2.01. The van der Waals surface area contributed by atoms with Crippen molar-refractivity contribution < 1.29 is 0 Å². The summed E-state index contributed by atoms with van der Waals surface area (Å²) in [4.78, 5) is 0. The van der Waals surface area contributed by atoms with Crippen molar-refractivity contribution in [3.63, 3.8) is 0 Å². The zero-order chi connectivity index (χ0) is 14.4. The maximum atomic E-state index is 5.28. The Labute approximate surface area is 125 Å². The van der Waals surface area contributed by atoms with E-state index in [-0.39, 0.29) is 0 Å². The summed E-state index contributed by atoms with van der Waals surface area (Å²) in [6, 6.07) is 10.4. The fourth-order valence-electron chi connectivity index (χ4n) is 1.92. The average Bonchev–Trinajstić information content (AvgIpc) is 2.92. The lowest BCUT2D eigenvalue weighted by atomic mass is 10.1. The summed E-state index contributed by atoms with van der Waals surface area (Å²) >= 11 is 5.28. The number of benzene rings is 1. The van der Waals surface area contributed by atoms with Crippen LogP contribution in [0.5, 0.6) is 0 Å². The van der Waals surface area contributed by atoms with Gasteiger partial charge in [0.05, 0.1) is 12.2 Å². The van der Waals surface area contributed by atoms with Gasteiger partial charge in [-0.1, -0.05) is 29.8 Å². The van der Waals surface area contributed by atoms with E-state index in [9.17, 15) is 0 Å². The minimum atomic E-state index is 0.662. The molecule has 0 fully saturated rings. The van der Waals surface area contributed by atoms with E-state index in [4.69, 9.17) is 12.2 Å². The summed E-state index contributed by atoms with van der Waals surface area (Å²) < 4.78 is 1.95. The van der Waals surface area contributed by atoms with Crippen LogP contribution in [0.15, 0.2) is 36.5 Å². The van der Waals surface area contributed by atoms with E-state index in [0.29, 0.717) is 11.7 Å². The molecular weight excluding hydrogens is 268 g/mol. The Kier molecular flexibility index (Phi) is 5.12. The topological polar surface area (TPSA) is 41.9 Å². The van der Waals surface area contributed by atoms with Gasteiger partial charge in [0.15, 0.2) is 5.11 Å². The molecule has 0 aliphatic heterocycles. The summed E-state index contributed by atoms with van der Waals surface area (Å²) in [7, 11) is 0. The number of nitrogens with one attached hydrogen (secondary N) is 2. The van der Waals surface area contributed by atoms with Crippen LogP contribution in [-0.2, 0) is 19.6 Å². The number of hydrogen-bond acceptors (Lipinski definition) is 2. The quantitative estimate of drug-likeness (QED) is 0.829. The highest BCUT2D eigenvalue weighted by atomic mass is 32.1. The minimum Gasteiger partial charge on any atom is -0.359 e. The maximum Gasteiger partial charge on any atom is 0.166 e. The fraction of sp³-hybridized carbons (Fsp3) is 0.333. The molecule has 5 heteroatoms. The molecule has 0 saturated heterocycles. The number of thiocarbonyl (C=S) groups is 1. The molecule has 4 nitrogen and oxygen atoms in total. The largest absolute Gasteiger partial charge is 0.359 e. The van der Waals surface area contributed by atoms with Crippen LogP contribution in [0.1, 0.15) is 23.7 Å². The lowest BCUT2D eigenvalue weighted by Gasteiger charge is -2.11. The first kappa shape index (κ1) is 14.5. The summed E-state index contributed by atoms with van der Waals surface area (Å²) in [5.74, 6) is 0. The Bertz CT molecular complexity index is 560. The van der Waals surface area contributed by atoms with Crippen LogP contribution < -0.4 is 10.6 Å². The number of nitrogens with zero attached hydrogens (tertiary/aromatic N) is 2. The molecular formula is C15H20N4S. The molecule has 0 amide bonds. The molecule has 0 aliphatic rings. The van der Waals surface area contributed by atoms with E-state index in [1.165, 1.54) is 11.1 Å². The van der Waals surface area contributed by atoms with Crippen LogP contribution in [0.25, 0.3) is 0 Å². The summed E-state index contributed by atoms with van der Waals surface area (Å²) in [6.45, 7) is 6.45. The van der Waals surface area contributed by atoms with Crippen molar-refractivity contribution in [2.45, 2.75) is 33.5 Å². The Morgan fingerprint density at radius 2 is 1.85 bits per heavy atom. The van der Waals surface area contributed by atoms with Crippen molar-refractivity contribution in [3.05, 3.63) is 53.3 Å². The molecule has 0 spiro atoms. The normalized spacial score (nSPS) is 10.3. The molecule has 0 radical (unpaired) electrons. The van der Waals surface area contributed by atoms with Crippen LogP contribution in [0.2, 0.25) is 0 Å². The number of aryl methyl sites for hydroxylation is 2. The van der Waals surface area contributed by atoms with E-state index in [1.807, 2.05) is 16.9 Å². The van der Waals surface area contributed by atoms with Crippen molar-refractivity contribution in [1.82, 2.24) is 20.4 Å². The number of aromatic nitrogens is 2. The smallest absolute Gasteiger partial charge is 0.166 e. The number of hydrogen-bond donors (Lipinski definition) is 2. The van der Waals surface area contributed by atoms with Crippen LogP contribution >= 0.6 is 12.2 Å². The predicted molar refractivity (Wildman–Crippen MR) is 85.4 cm³/mol. The zero-order valence-electron chi connectivity index (χ0n) is 11.9. The van der Waals surface area contributed by atoms with Crippen molar-refractivity contribution in [1.29, 1.82) is 0 Å². The first-order valence-corrected chi connectivity index (χ1v) is 7.18. The van der Waals surface area contributed by atoms with Crippen molar-refractivity contribution in [2.75, 3.05) is 0 Å². The molecule has 0 bridgehead atoms. The van der Waals surface area contributed by atoms with Gasteiger partial charge in [0.2, 0.25) is 0 Å². The van der Waals surface area contributed by atoms with E-state index >= 15 is 0 Å². The fourth-order valence-corrected chi connectivity index (χ4v) is 2.06. The second-order valence-electron chi connectivity index (χ2n) is 4.66. The van der Waals surface area contributed by atoms with E-state index in [1.54, 1.807) is 0 Å². The average molecular weight is 288 g/mol. The van der Waals surface area contributed by atoms with Gasteiger partial charge in [-0.2, -0.15) is 5.10 Å². The second-order valence-corrected chi connectivity index (χ2v) is 5.07. The van der Waals surface area contributed by atoms with E-state index in [2.05, 4.69) is 53.8 Å². The molecule has 20 heavy (non-hydrogen) atoms. The third kappa shape index (κ3) is 4.06. The van der Waals surface area contributed by atoms with Gasteiger partial charge in [-0.15, -0.1) is 0 Å². The van der Waals surface area contributed by atoms with Crippen LogP contribution in [0.4, 0.5) is 0 Å². The van der Waals surface area contributed by atoms with Gasteiger partial charge in [0.1, 0.15) is 0 Å². The third-order valence-electron chi connectivity index (χ3n) is 3.11. The first-order valence-electron chi connectivity index (χ1n) is 6.77. The summed E-state index contributed by atoms with van der Waals surface area (Å²) in [6.07, 6.45) is 1.81. The third-order valence-corrected chi connectivity index (χ3v) is 3.40. The van der Waals surface area contributed by atoms with Crippen molar-refractivity contribution in [3.8, 4) is 0 Å². The molecule has 0 atom stereocenters. The highest BCUT2D eigenvalue weighted by Crippen LogP contribution is 2.02. The van der Waals surface area contributed by atoms with Crippen molar-refractivity contribution >= 4 is 17.3 Å². The molecule has 0 saturated carbocycles. The highest BCUT2D eigenvalue weighted by molar-refractivity contribution is 7.80. The van der Waals surface area contributed by atoms with Crippen LogP contribution in [0, 0.1) is 6.92 Å². The maximum absolute atomic E-state index is 5.28. The van der Waals surface area contributed by atoms with Gasteiger partial charge < -0.3 is 10.6 Å². The SMILES string of the molecule is CCn1nccc1CNC(=S)NCc1ccc(C)cc1. The molecule has 2 rings (SSSR count). The summed E-state index contributed by atoms with van der Waals surface area (Å²) in [5.41, 5.74) is 3.62. The summed E-state index contributed by atoms with van der Waals surface area (Å²) in [5, 5.41) is 11.3. The van der Waals surface area contributed by atoms with Crippen LogP contribution in [0.3, 0.4) is 0 Å². The van der Waals surface area contributed by atoms with Gasteiger partial charge in [0.25, 0.3) is 0 Å². The number of rotatable bonds is 5. The Morgan fingerprint density at radius 1 is 1.15 bits per heavy atom. The minimum absolute atomic E-state index is 0.662. The standard InChI is InChI=1S/C15H20N4S/c1-3-19-14(8-9-18-19)11-17-15(20)16-10-13-6-4-12(2)5-7-13/h4-9H,3,10-11H2,1-2H3,(H2,16,17,20). The van der Waals surface area contributed by atoms with E-state index < -0.39 is 0 Å². The molecule has 0 aliphatic carbocycles. The van der Waals surface area contributed by atoms with Gasteiger partial charge >= 0.3 is 0 Å². The Hall–Kier alpha value is -1.88. The molecule has 106 valence electrons. The van der Waals surface area contributed by atoms with Gasteiger partial charge in [0, 0.05) is 19.3 Å². The predicted octanol–water partition coefficient (Wildman–Crippen LogP) is 2.38. The molecule has 1 heterocycles. The molecule has 1 aromatic heterocycles. The van der Waals surface area contributed by atoms with Gasteiger partial charge in [-0.3, -0.25) is 4.68 Å². The van der Waals surface area contributed by atoms with Crippen LogP contribution in [-0.4, -0.2) is 14.9 Å². The second kappa shape index (κ2) is 7.05. The first-order chi connectivity index (χ1) is 9.69. The van der Waals surface area contributed by atoms with Gasteiger partial charge in [-0.05, 0) is 37.7 Å². The van der Waals surface area contributed by atoms with E-state index in [0.717, 1.165) is 18.8 Å². The van der Waals surface area contributed by atoms with Crippen molar-refractivity contribution in [2.24, 2.45) is 0 Å².